The third-order valence-electron chi connectivity index (χ3n) is 6.12. The van der Waals surface area contributed by atoms with Crippen LogP contribution in [0.4, 0.5) is 0 Å². The molecule has 27 heavy (non-hydrogen) atoms. The topological polar surface area (TPSA) is 60.7 Å². The monoisotopic (exact) mass is 369 g/mol. The number of nitrogens with one attached hydrogen (secondary N) is 1. The Balaban J connectivity index is 1.29. The van der Waals surface area contributed by atoms with Gasteiger partial charge < -0.3 is 19.2 Å². The molecule has 1 N–H and O–H groups in total. The van der Waals surface area contributed by atoms with Crippen molar-refractivity contribution in [2.24, 2.45) is 17.8 Å². The van der Waals surface area contributed by atoms with Gasteiger partial charge >= 0.3 is 0 Å². The summed E-state index contributed by atoms with van der Waals surface area (Å²) in [7, 11) is 1.63. The van der Waals surface area contributed by atoms with Crippen molar-refractivity contribution in [3.63, 3.8) is 0 Å². The van der Waals surface area contributed by atoms with Crippen molar-refractivity contribution in [3.05, 3.63) is 47.9 Å². The van der Waals surface area contributed by atoms with E-state index in [1.807, 2.05) is 24.3 Å². The number of benzene rings is 1. The highest BCUT2D eigenvalue weighted by molar-refractivity contribution is 5.91. The van der Waals surface area contributed by atoms with Gasteiger partial charge in [0, 0.05) is 6.04 Å². The Kier molecular flexibility index (Phi) is 5.10. The quantitative estimate of drug-likeness (QED) is 0.785. The Morgan fingerprint density at radius 1 is 1.15 bits per heavy atom. The Bertz CT molecular complexity index is 782. The molecule has 2 saturated carbocycles. The summed E-state index contributed by atoms with van der Waals surface area (Å²) in [5.41, 5.74) is 0. The average Bonchev–Trinajstić information content (AvgIpc) is 3.43. The third kappa shape index (κ3) is 3.97. The lowest BCUT2D eigenvalue weighted by molar-refractivity contribution is 0.0883. The fourth-order valence-electron chi connectivity index (χ4n) is 4.70. The van der Waals surface area contributed by atoms with Gasteiger partial charge in [0.2, 0.25) is 0 Å². The Labute approximate surface area is 160 Å². The molecule has 0 saturated heterocycles. The van der Waals surface area contributed by atoms with E-state index in [1.54, 1.807) is 19.2 Å². The van der Waals surface area contributed by atoms with Gasteiger partial charge in [-0.25, -0.2) is 0 Å². The van der Waals surface area contributed by atoms with Crippen LogP contribution in [0.5, 0.6) is 11.5 Å². The zero-order valence-electron chi connectivity index (χ0n) is 15.9. The maximum atomic E-state index is 12.5. The van der Waals surface area contributed by atoms with E-state index in [2.05, 4.69) is 12.2 Å². The van der Waals surface area contributed by atoms with E-state index >= 15 is 0 Å². The normalized spacial score (nSPS) is 24.6. The molecule has 0 radical (unpaired) electrons. The molecule has 0 aliphatic heterocycles. The highest BCUT2D eigenvalue weighted by Crippen LogP contribution is 2.49. The second-order valence-corrected chi connectivity index (χ2v) is 7.83. The van der Waals surface area contributed by atoms with Crippen LogP contribution in [-0.4, -0.2) is 19.1 Å². The number of hydrogen-bond donors (Lipinski definition) is 1. The highest BCUT2D eigenvalue weighted by Gasteiger charge is 2.42. The number of methoxy groups -OCH3 is 1. The number of furan rings is 1. The van der Waals surface area contributed by atoms with Gasteiger partial charge in [-0.05, 0) is 80.3 Å². The van der Waals surface area contributed by atoms with E-state index < -0.39 is 0 Å². The molecule has 2 bridgehead atoms. The van der Waals surface area contributed by atoms with Gasteiger partial charge in [0.25, 0.3) is 5.91 Å². The Morgan fingerprint density at radius 3 is 2.59 bits per heavy atom. The molecule has 144 valence electrons. The molecule has 2 aromatic rings. The molecule has 4 unspecified atom stereocenters. The van der Waals surface area contributed by atoms with Gasteiger partial charge in [-0.3, -0.25) is 4.79 Å². The minimum atomic E-state index is -0.138. The number of carbonyl (C=O) groups is 1. The van der Waals surface area contributed by atoms with E-state index in [4.69, 9.17) is 13.9 Å². The zero-order chi connectivity index (χ0) is 18.8. The van der Waals surface area contributed by atoms with E-state index in [9.17, 15) is 4.79 Å². The average molecular weight is 369 g/mol. The lowest BCUT2D eigenvalue weighted by atomic mass is 9.84. The van der Waals surface area contributed by atoms with Crippen LogP contribution >= 0.6 is 0 Å². The summed E-state index contributed by atoms with van der Waals surface area (Å²) in [5.74, 6) is 4.62. The van der Waals surface area contributed by atoms with Crippen LogP contribution in [0.1, 0.15) is 48.9 Å². The first kappa shape index (κ1) is 18.0. The minimum Gasteiger partial charge on any atom is -0.497 e. The van der Waals surface area contributed by atoms with Crippen LogP contribution < -0.4 is 14.8 Å². The molecule has 4 rings (SSSR count). The van der Waals surface area contributed by atoms with Crippen molar-refractivity contribution in [1.82, 2.24) is 5.32 Å². The van der Waals surface area contributed by atoms with Crippen molar-refractivity contribution in [1.29, 1.82) is 0 Å². The van der Waals surface area contributed by atoms with Crippen LogP contribution in [0.15, 0.2) is 40.8 Å². The standard InChI is InChI=1S/C22H27NO4/c1-14(20-12-15-3-4-16(20)11-15)23-22(24)21-10-9-19(27-21)13-26-18-7-5-17(25-2)6-8-18/h5-10,14-16,20H,3-4,11-13H2,1-2H3,(H,23,24). The van der Waals surface area contributed by atoms with Crippen molar-refractivity contribution in [2.75, 3.05) is 7.11 Å². The molecule has 1 amide bonds. The Morgan fingerprint density at radius 2 is 1.93 bits per heavy atom. The molecule has 0 spiro atoms. The molecule has 1 heterocycles. The van der Waals surface area contributed by atoms with E-state index in [1.165, 1.54) is 25.7 Å². The molecule has 5 nitrogen and oxygen atoms in total. The molecule has 4 atom stereocenters. The first-order chi connectivity index (χ1) is 13.1. The molecule has 2 aliphatic rings. The number of rotatable bonds is 7. The number of ether oxygens (including phenoxy) is 2. The van der Waals surface area contributed by atoms with Crippen LogP contribution in [-0.2, 0) is 6.61 Å². The summed E-state index contributed by atoms with van der Waals surface area (Å²) in [6.45, 7) is 2.40. The van der Waals surface area contributed by atoms with Crippen molar-refractivity contribution in [3.8, 4) is 11.5 Å². The smallest absolute Gasteiger partial charge is 0.287 e. The zero-order valence-corrected chi connectivity index (χ0v) is 15.9. The molecule has 5 heteroatoms. The number of amides is 1. The fourth-order valence-corrected chi connectivity index (χ4v) is 4.70. The largest absolute Gasteiger partial charge is 0.497 e. The third-order valence-corrected chi connectivity index (χ3v) is 6.12. The molecule has 2 fully saturated rings. The lowest BCUT2D eigenvalue weighted by Gasteiger charge is -2.28. The maximum Gasteiger partial charge on any atom is 0.287 e. The van der Waals surface area contributed by atoms with Gasteiger partial charge in [0.15, 0.2) is 5.76 Å². The number of fused-ring (bicyclic) bond motifs is 2. The second kappa shape index (κ2) is 7.67. The first-order valence-corrected chi connectivity index (χ1v) is 9.79. The van der Waals surface area contributed by atoms with Gasteiger partial charge in [-0.2, -0.15) is 0 Å². The van der Waals surface area contributed by atoms with Crippen molar-refractivity contribution in [2.45, 2.75) is 45.3 Å². The van der Waals surface area contributed by atoms with Crippen LogP contribution in [0.2, 0.25) is 0 Å². The highest BCUT2D eigenvalue weighted by atomic mass is 16.5. The SMILES string of the molecule is COc1ccc(OCc2ccc(C(=O)NC(C)C3CC4CCC3C4)o2)cc1. The summed E-state index contributed by atoms with van der Waals surface area (Å²) < 4.78 is 16.5. The van der Waals surface area contributed by atoms with Crippen molar-refractivity contribution < 1.29 is 18.7 Å². The molecular weight excluding hydrogens is 342 g/mol. The van der Waals surface area contributed by atoms with Gasteiger partial charge in [0.05, 0.1) is 7.11 Å². The summed E-state index contributed by atoms with van der Waals surface area (Å²) in [6, 6.07) is 11.1. The van der Waals surface area contributed by atoms with Crippen LogP contribution in [0, 0.1) is 17.8 Å². The summed E-state index contributed by atoms with van der Waals surface area (Å²) in [4.78, 5) is 12.5. The van der Waals surface area contributed by atoms with Gasteiger partial charge in [-0.15, -0.1) is 0 Å². The van der Waals surface area contributed by atoms with E-state index in [-0.39, 0.29) is 18.6 Å². The van der Waals surface area contributed by atoms with Crippen LogP contribution in [0.3, 0.4) is 0 Å². The van der Waals surface area contributed by atoms with Crippen molar-refractivity contribution >= 4 is 5.91 Å². The molecule has 2 aliphatic carbocycles. The van der Waals surface area contributed by atoms with Gasteiger partial charge in [-0.1, -0.05) is 6.42 Å². The van der Waals surface area contributed by atoms with E-state index in [0.717, 1.165) is 23.3 Å². The number of carbonyl (C=O) groups excluding carboxylic acids is 1. The predicted octanol–water partition coefficient (Wildman–Crippen LogP) is 4.42. The van der Waals surface area contributed by atoms with Crippen LogP contribution in [0.25, 0.3) is 0 Å². The minimum absolute atomic E-state index is 0.138. The summed E-state index contributed by atoms with van der Waals surface area (Å²) in [6.07, 6.45) is 5.30. The molecular formula is C22H27NO4. The van der Waals surface area contributed by atoms with Gasteiger partial charge in [0.1, 0.15) is 23.9 Å². The Hall–Kier alpha value is -2.43. The summed E-state index contributed by atoms with van der Waals surface area (Å²) in [5, 5.41) is 3.14. The first-order valence-electron chi connectivity index (χ1n) is 9.79. The molecule has 1 aromatic heterocycles. The summed E-state index contributed by atoms with van der Waals surface area (Å²) >= 11 is 0. The molecule has 1 aromatic carbocycles. The second-order valence-electron chi connectivity index (χ2n) is 7.83. The lowest BCUT2D eigenvalue weighted by Crippen LogP contribution is -2.40. The predicted molar refractivity (Wildman–Crippen MR) is 102 cm³/mol. The maximum absolute atomic E-state index is 12.5. The number of hydrogen-bond acceptors (Lipinski definition) is 4. The van der Waals surface area contributed by atoms with E-state index in [0.29, 0.717) is 17.4 Å². The fraction of sp³-hybridized carbons (Fsp3) is 0.500.